The Kier molecular flexibility index (Phi) is 4.44. The van der Waals surface area contributed by atoms with Crippen molar-refractivity contribution < 1.29 is 28.6 Å². The monoisotopic (exact) mass is 438 g/mol. The van der Waals surface area contributed by atoms with E-state index >= 15 is 0 Å². The van der Waals surface area contributed by atoms with Crippen LogP contribution >= 0.6 is 11.8 Å². The van der Waals surface area contributed by atoms with Gasteiger partial charge < -0.3 is 19.9 Å². The first kappa shape index (κ1) is 19.5. The Morgan fingerprint density at radius 3 is 2.55 bits per heavy atom. The summed E-state index contributed by atoms with van der Waals surface area (Å²) in [5, 5.41) is -0.559. The molecule has 2 aromatic carbocycles. The number of anilines is 1. The molecule has 0 radical (unpaired) electrons. The molecular formula is C22H18N2O6S. The van der Waals surface area contributed by atoms with Crippen molar-refractivity contribution in [3.63, 3.8) is 0 Å². The van der Waals surface area contributed by atoms with Crippen LogP contribution < -0.4 is 24.8 Å². The van der Waals surface area contributed by atoms with Gasteiger partial charge in [-0.15, -0.1) is 0 Å². The lowest BCUT2D eigenvalue weighted by molar-refractivity contribution is -0.132. The lowest BCUT2D eigenvalue weighted by atomic mass is 9.77. The van der Waals surface area contributed by atoms with Crippen LogP contribution in [0.25, 0.3) is 0 Å². The molecule has 5 rings (SSSR count). The summed E-state index contributed by atoms with van der Waals surface area (Å²) in [6.45, 7) is 0. The molecule has 3 atom stereocenters. The number of fused-ring (bicyclic) bond motifs is 5. The Balaban J connectivity index is 1.66. The fraction of sp³-hybridized carbons (Fsp3) is 0.227. The van der Waals surface area contributed by atoms with Crippen LogP contribution in [0.2, 0.25) is 0 Å². The molecule has 1 saturated heterocycles. The standard InChI is InChI=1S/C22H18N2O6S/c1-28-11-6-3-5-10(9-11)24-20(25)15-14-12-7-4-8-13(29-2)17(12)30-22(27)16(14)19(23)31-18(15)21(24)26/h3-9,14-15,18H,23H2,1-2H3/t14-,15+,18-/m0/s1. The quantitative estimate of drug-likeness (QED) is 0.441. The molecule has 0 aliphatic carbocycles. The molecule has 8 nitrogen and oxygen atoms in total. The first-order chi connectivity index (χ1) is 15.0. The summed E-state index contributed by atoms with van der Waals surface area (Å²) in [5.41, 5.74) is 7.43. The van der Waals surface area contributed by atoms with Crippen LogP contribution in [0.5, 0.6) is 17.2 Å². The van der Waals surface area contributed by atoms with Gasteiger partial charge in [-0.3, -0.25) is 9.59 Å². The van der Waals surface area contributed by atoms with Gasteiger partial charge in [-0.05, 0) is 18.2 Å². The molecule has 2 N–H and O–H groups in total. The number of methoxy groups -OCH3 is 2. The highest BCUT2D eigenvalue weighted by molar-refractivity contribution is 8.04. The van der Waals surface area contributed by atoms with E-state index in [0.717, 1.165) is 16.7 Å². The molecule has 1 fully saturated rings. The van der Waals surface area contributed by atoms with Gasteiger partial charge in [-0.1, -0.05) is 30.0 Å². The average Bonchev–Trinajstić information content (AvgIpc) is 3.02. The van der Waals surface area contributed by atoms with Crippen molar-refractivity contribution >= 4 is 35.2 Å². The Hall–Kier alpha value is -3.46. The second-order valence-corrected chi connectivity index (χ2v) is 8.48. The minimum atomic E-state index is -0.801. The van der Waals surface area contributed by atoms with E-state index in [-0.39, 0.29) is 22.3 Å². The maximum Gasteiger partial charge on any atom is 0.342 e. The number of para-hydroxylation sites is 1. The summed E-state index contributed by atoms with van der Waals surface area (Å²) in [6, 6.07) is 11.9. The smallest absolute Gasteiger partial charge is 0.342 e. The lowest BCUT2D eigenvalue weighted by Crippen LogP contribution is -2.39. The number of esters is 1. The van der Waals surface area contributed by atoms with E-state index in [1.807, 2.05) is 0 Å². The summed E-state index contributed by atoms with van der Waals surface area (Å²) < 4.78 is 16.1. The highest BCUT2D eigenvalue weighted by Gasteiger charge is 2.58. The molecule has 0 unspecified atom stereocenters. The zero-order chi connectivity index (χ0) is 21.9. The molecule has 0 bridgehead atoms. The third-order valence-corrected chi connectivity index (χ3v) is 7.00. The lowest BCUT2D eigenvalue weighted by Gasteiger charge is -2.36. The molecule has 2 aromatic rings. The number of hydrogen-bond donors (Lipinski definition) is 1. The number of ether oxygens (including phenoxy) is 3. The fourth-order valence-corrected chi connectivity index (χ4v) is 5.66. The van der Waals surface area contributed by atoms with Crippen LogP contribution in [0.15, 0.2) is 53.1 Å². The molecule has 3 aliphatic rings. The van der Waals surface area contributed by atoms with Crippen molar-refractivity contribution in [2.45, 2.75) is 11.2 Å². The molecule has 0 spiro atoms. The van der Waals surface area contributed by atoms with Crippen LogP contribution in [-0.2, 0) is 14.4 Å². The van der Waals surface area contributed by atoms with Gasteiger partial charge in [-0.25, -0.2) is 9.69 Å². The zero-order valence-electron chi connectivity index (χ0n) is 16.7. The summed E-state index contributed by atoms with van der Waals surface area (Å²) in [7, 11) is 2.98. The van der Waals surface area contributed by atoms with Gasteiger partial charge in [0.2, 0.25) is 11.8 Å². The molecule has 158 valence electrons. The van der Waals surface area contributed by atoms with Gasteiger partial charge in [-0.2, -0.15) is 0 Å². The maximum atomic E-state index is 13.6. The molecule has 2 amide bonds. The Morgan fingerprint density at radius 1 is 1.03 bits per heavy atom. The van der Waals surface area contributed by atoms with Gasteiger partial charge >= 0.3 is 5.97 Å². The predicted molar refractivity (Wildman–Crippen MR) is 113 cm³/mol. The largest absolute Gasteiger partial charge is 0.497 e. The van der Waals surface area contributed by atoms with Crippen molar-refractivity contribution in [2.24, 2.45) is 11.7 Å². The molecule has 31 heavy (non-hydrogen) atoms. The zero-order valence-corrected chi connectivity index (χ0v) is 17.5. The summed E-state index contributed by atoms with van der Waals surface area (Å²) >= 11 is 1.03. The maximum absolute atomic E-state index is 13.6. The van der Waals surface area contributed by atoms with E-state index in [0.29, 0.717) is 22.7 Å². The van der Waals surface area contributed by atoms with E-state index in [1.165, 1.54) is 14.2 Å². The normalized spacial score (nSPS) is 24.4. The number of rotatable bonds is 3. The van der Waals surface area contributed by atoms with Gasteiger partial charge in [0.05, 0.1) is 36.4 Å². The third-order valence-electron chi connectivity index (χ3n) is 5.78. The molecule has 0 aromatic heterocycles. The first-order valence-electron chi connectivity index (χ1n) is 9.53. The number of nitrogens with zero attached hydrogens (tertiary/aromatic N) is 1. The second kappa shape index (κ2) is 7.05. The van der Waals surface area contributed by atoms with E-state index in [1.54, 1.807) is 42.5 Å². The van der Waals surface area contributed by atoms with Crippen molar-refractivity contribution in [3.05, 3.63) is 58.6 Å². The van der Waals surface area contributed by atoms with Crippen molar-refractivity contribution in [1.82, 2.24) is 0 Å². The number of carbonyl (C=O) groups excluding carboxylic acids is 3. The number of nitrogens with two attached hydrogens (primary N) is 1. The number of amides is 2. The number of benzene rings is 2. The predicted octanol–water partition coefficient (Wildman–Crippen LogP) is 2.18. The van der Waals surface area contributed by atoms with Crippen LogP contribution in [0, 0.1) is 5.92 Å². The van der Waals surface area contributed by atoms with E-state index < -0.39 is 29.0 Å². The highest BCUT2D eigenvalue weighted by Crippen LogP contribution is 2.56. The first-order valence-corrected chi connectivity index (χ1v) is 10.4. The van der Waals surface area contributed by atoms with Crippen molar-refractivity contribution in [1.29, 1.82) is 0 Å². The highest BCUT2D eigenvalue weighted by atomic mass is 32.2. The molecular weight excluding hydrogens is 420 g/mol. The molecule has 0 saturated carbocycles. The molecule has 3 heterocycles. The molecule has 3 aliphatic heterocycles. The summed E-state index contributed by atoms with van der Waals surface area (Å²) in [4.78, 5) is 40.9. The molecule has 9 heteroatoms. The van der Waals surface area contributed by atoms with E-state index in [9.17, 15) is 14.4 Å². The van der Waals surface area contributed by atoms with Gasteiger partial charge in [0.1, 0.15) is 11.0 Å². The van der Waals surface area contributed by atoms with Gasteiger partial charge in [0.25, 0.3) is 0 Å². The van der Waals surface area contributed by atoms with Crippen LogP contribution in [-0.4, -0.2) is 37.3 Å². The minimum absolute atomic E-state index is 0.193. The number of imide groups is 1. The van der Waals surface area contributed by atoms with Gasteiger partial charge in [0, 0.05) is 17.5 Å². The summed E-state index contributed by atoms with van der Waals surface area (Å²) in [5.74, 6) is -1.76. The minimum Gasteiger partial charge on any atom is -0.497 e. The van der Waals surface area contributed by atoms with Crippen LogP contribution in [0.3, 0.4) is 0 Å². The van der Waals surface area contributed by atoms with Crippen LogP contribution in [0.1, 0.15) is 11.5 Å². The SMILES string of the molecule is COc1cccc(N2C(=O)[C@H]3[C@H](SC(N)=C4C(=O)Oc5c(OC)cccc5[C@H]43)C2=O)c1. The fourth-order valence-electron chi connectivity index (χ4n) is 4.42. The summed E-state index contributed by atoms with van der Waals surface area (Å²) in [6.07, 6.45) is 0. The van der Waals surface area contributed by atoms with E-state index in [4.69, 9.17) is 19.9 Å². The number of thioether (sulfide) groups is 1. The van der Waals surface area contributed by atoms with Crippen molar-refractivity contribution in [3.8, 4) is 17.2 Å². The third kappa shape index (κ3) is 2.73. The Bertz CT molecular complexity index is 1180. The van der Waals surface area contributed by atoms with Crippen LogP contribution in [0.4, 0.5) is 5.69 Å². The second-order valence-electron chi connectivity index (χ2n) is 7.30. The Labute approximate surface area is 181 Å². The van der Waals surface area contributed by atoms with Crippen molar-refractivity contribution in [2.75, 3.05) is 19.1 Å². The average molecular weight is 438 g/mol. The Morgan fingerprint density at radius 2 is 1.81 bits per heavy atom. The number of carbonyl (C=O) groups is 3. The topological polar surface area (TPSA) is 108 Å². The van der Waals surface area contributed by atoms with Gasteiger partial charge in [0.15, 0.2) is 11.5 Å². The van der Waals surface area contributed by atoms with E-state index in [2.05, 4.69) is 0 Å². The number of hydrogen-bond acceptors (Lipinski definition) is 8.